The standard InChI is InChI=1S/C13H26N2O/c1-13(2)6-3-7-15(9-13)11(8-16)12(14)10-4-5-10/h10-12,16H,3-9,14H2,1-2H3. The van der Waals surface area contributed by atoms with Gasteiger partial charge in [0.1, 0.15) is 0 Å². The van der Waals surface area contributed by atoms with Crippen molar-refractivity contribution in [1.29, 1.82) is 0 Å². The van der Waals surface area contributed by atoms with E-state index in [1.54, 1.807) is 0 Å². The first-order valence-electron chi connectivity index (χ1n) is 6.64. The highest BCUT2D eigenvalue weighted by Gasteiger charge is 2.38. The molecule has 3 N–H and O–H groups in total. The van der Waals surface area contributed by atoms with Crippen molar-refractivity contribution in [2.75, 3.05) is 19.7 Å². The Morgan fingerprint density at radius 2 is 2.12 bits per heavy atom. The zero-order valence-electron chi connectivity index (χ0n) is 10.7. The van der Waals surface area contributed by atoms with Crippen molar-refractivity contribution in [2.24, 2.45) is 17.1 Å². The van der Waals surface area contributed by atoms with Crippen molar-refractivity contribution in [3.05, 3.63) is 0 Å². The number of nitrogens with zero attached hydrogens (tertiary/aromatic N) is 1. The van der Waals surface area contributed by atoms with Gasteiger partial charge in [0.15, 0.2) is 0 Å². The third-order valence-corrected chi connectivity index (χ3v) is 4.20. The Labute approximate surface area is 99.0 Å². The van der Waals surface area contributed by atoms with E-state index >= 15 is 0 Å². The Bertz CT molecular complexity index is 238. The summed E-state index contributed by atoms with van der Waals surface area (Å²) in [5.41, 5.74) is 6.64. The maximum Gasteiger partial charge on any atom is 0.0602 e. The molecule has 1 heterocycles. The molecule has 1 aliphatic carbocycles. The van der Waals surface area contributed by atoms with Crippen LogP contribution in [0.15, 0.2) is 0 Å². The van der Waals surface area contributed by atoms with Crippen molar-refractivity contribution >= 4 is 0 Å². The van der Waals surface area contributed by atoms with Crippen molar-refractivity contribution < 1.29 is 5.11 Å². The van der Waals surface area contributed by atoms with Crippen LogP contribution in [0.2, 0.25) is 0 Å². The summed E-state index contributed by atoms with van der Waals surface area (Å²) in [6.07, 6.45) is 5.05. The molecule has 1 aliphatic heterocycles. The molecular formula is C13H26N2O. The summed E-state index contributed by atoms with van der Waals surface area (Å²) in [6.45, 7) is 7.04. The van der Waals surface area contributed by atoms with Gasteiger partial charge in [-0.15, -0.1) is 0 Å². The van der Waals surface area contributed by atoms with Gasteiger partial charge < -0.3 is 10.8 Å². The Kier molecular flexibility index (Phi) is 3.57. The van der Waals surface area contributed by atoms with Crippen molar-refractivity contribution in [3.8, 4) is 0 Å². The van der Waals surface area contributed by atoms with Crippen LogP contribution in [0.5, 0.6) is 0 Å². The molecule has 2 unspecified atom stereocenters. The summed E-state index contributed by atoms with van der Waals surface area (Å²) in [7, 11) is 0. The fourth-order valence-electron chi connectivity index (χ4n) is 3.03. The topological polar surface area (TPSA) is 49.5 Å². The zero-order chi connectivity index (χ0) is 11.8. The number of nitrogens with two attached hydrogens (primary N) is 1. The predicted molar refractivity (Wildman–Crippen MR) is 66.2 cm³/mol. The number of aliphatic hydroxyl groups excluding tert-OH is 1. The van der Waals surface area contributed by atoms with E-state index in [0.717, 1.165) is 13.1 Å². The molecular weight excluding hydrogens is 200 g/mol. The molecule has 1 saturated heterocycles. The monoisotopic (exact) mass is 226 g/mol. The molecule has 2 atom stereocenters. The van der Waals surface area contributed by atoms with Gasteiger partial charge in [0.25, 0.3) is 0 Å². The second-order valence-corrected chi connectivity index (χ2v) is 6.40. The minimum atomic E-state index is 0.180. The SMILES string of the molecule is CC1(C)CCCN(C(CO)C(N)C2CC2)C1. The number of hydrogen-bond donors (Lipinski definition) is 2. The summed E-state index contributed by atoms with van der Waals surface area (Å²) >= 11 is 0. The van der Waals surface area contributed by atoms with Crippen LogP contribution in [-0.4, -0.2) is 41.8 Å². The minimum absolute atomic E-state index is 0.180. The molecule has 94 valence electrons. The molecule has 3 heteroatoms. The summed E-state index contributed by atoms with van der Waals surface area (Å²) in [4.78, 5) is 2.42. The van der Waals surface area contributed by atoms with Crippen LogP contribution < -0.4 is 5.73 Å². The van der Waals surface area contributed by atoms with Crippen LogP contribution in [0.25, 0.3) is 0 Å². The quantitative estimate of drug-likeness (QED) is 0.757. The molecule has 2 aliphatic rings. The molecule has 0 aromatic rings. The Balaban J connectivity index is 1.97. The first-order valence-corrected chi connectivity index (χ1v) is 6.64. The normalized spacial score (nSPS) is 30.0. The van der Waals surface area contributed by atoms with Gasteiger partial charge in [-0.25, -0.2) is 0 Å². The van der Waals surface area contributed by atoms with Crippen molar-refractivity contribution in [2.45, 2.75) is 51.6 Å². The van der Waals surface area contributed by atoms with Crippen molar-refractivity contribution in [3.63, 3.8) is 0 Å². The molecule has 0 aromatic heterocycles. The van der Waals surface area contributed by atoms with E-state index in [1.165, 1.54) is 25.7 Å². The lowest BCUT2D eigenvalue weighted by atomic mass is 9.83. The van der Waals surface area contributed by atoms with Gasteiger partial charge in [-0.1, -0.05) is 13.8 Å². The summed E-state index contributed by atoms with van der Waals surface area (Å²) in [5, 5.41) is 9.57. The summed E-state index contributed by atoms with van der Waals surface area (Å²) in [6, 6.07) is 0.367. The lowest BCUT2D eigenvalue weighted by molar-refractivity contribution is 0.0346. The molecule has 2 fully saturated rings. The second kappa shape index (κ2) is 4.63. The van der Waals surface area contributed by atoms with Crippen molar-refractivity contribution in [1.82, 2.24) is 4.90 Å². The van der Waals surface area contributed by atoms with E-state index in [4.69, 9.17) is 5.73 Å². The molecule has 0 radical (unpaired) electrons. The smallest absolute Gasteiger partial charge is 0.0602 e. The number of aliphatic hydroxyl groups is 1. The van der Waals surface area contributed by atoms with Gasteiger partial charge in [-0.05, 0) is 43.6 Å². The Hall–Kier alpha value is -0.120. The van der Waals surface area contributed by atoms with Gasteiger partial charge in [0.2, 0.25) is 0 Å². The first kappa shape index (κ1) is 12.3. The largest absolute Gasteiger partial charge is 0.395 e. The van der Waals surface area contributed by atoms with E-state index in [1.807, 2.05) is 0 Å². The molecule has 0 bridgehead atoms. The highest BCUT2D eigenvalue weighted by molar-refractivity contribution is 4.95. The third-order valence-electron chi connectivity index (χ3n) is 4.20. The van der Waals surface area contributed by atoms with Crippen LogP contribution in [0, 0.1) is 11.3 Å². The molecule has 1 saturated carbocycles. The number of hydrogen-bond acceptors (Lipinski definition) is 3. The van der Waals surface area contributed by atoms with E-state index in [-0.39, 0.29) is 18.7 Å². The summed E-state index contributed by atoms with van der Waals surface area (Å²) < 4.78 is 0. The minimum Gasteiger partial charge on any atom is -0.395 e. The van der Waals surface area contributed by atoms with E-state index in [2.05, 4.69) is 18.7 Å². The maximum atomic E-state index is 9.57. The molecule has 16 heavy (non-hydrogen) atoms. The molecule has 2 rings (SSSR count). The van der Waals surface area contributed by atoms with Gasteiger partial charge in [-0.2, -0.15) is 0 Å². The first-order chi connectivity index (χ1) is 7.53. The molecule has 0 aromatic carbocycles. The van der Waals surface area contributed by atoms with Crippen LogP contribution >= 0.6 is 0 Å². The van der Waals surface area contributed by atoms with E-state index in [9.17, 15) is 5.11 Å². The highest BCUT2D eigenvalue weighted by atomic mass is 16.3. The van der Waals surface area contributed by atoms with Crippen LogP contribution in [0.4, 0.5) is 0 Å². The second-order valence-electron chi connectivity index (χ2n) is 6.40. The third kappa shape index (κ3) is 2.76. The maximum absolute atomic E-state index is 9.57. The molecule has 3 nitrogen and oxygen atoms in total. The number of rotatable bonds is 4. The molecule has 0 amide bonds. The Morgan fingerprint density at radius 3 is 2.62 bits per heavy atom. The van der Waals surface area contributed by atoms with Crippen LogP contribution in [0.3, 0.4) is 0 Å². The lowest BCUT2D eigenvalue weighted by Gasteiger charge is -2.43. The van der Waals surface area contributed by atoms with Gasteiger partial charge in [0, 0.05) is 18.6 Å². The van der Waals surface area contributed by atoms with E-state index < -0.39 is 0 Å². The average Bonchev–Trinajstić information content (AvgIpc) is 3.00. The van der Waals surface area contributed by atoms with Gasteiger partial charge in [-0.3, -0.25) is 4.90 Å². The van der Waals surface area contributed by atoms with E-state index in [0.29, 0.717) is 11.3 Å². The lowest BCUT2D eigenvalue weighted by Crippen LogP contribution is -2.55. The fourth-order valence-corrected chi connectivity index (χ4v) is 3.03. The van der Waals surface area contributed by atoms with Crippen LogP contribution in [-0.2, 0) is 0 Å². The number of likely N-dealkylation sites (tertiary alicyclic amines) is 1. The van der Waals surface area contributed by atoms with Crippen LogP contribution in [0.1, 0.15) is 39.5 Å². The highest BCUT2D eigenvalue weighted by Crippen LogP contribution is 2.36. The Morgan fingerprint density at radius 1 is 1.44 bits per heavy atom. The number of piperidine rings is 1. The predicted octanol–water partition coefficient (Wildman–Crippen LogP) is 1.21. The summed E-state index contributed by atoms with van der Waals surface area (Å²) in [5.74, 6) is 0.669. The molecule has 0 spiro atoms. The average molecular weight is 226 g/mol. The fraction of sp³-hybridized carbons (Fsp3) is 1.00. The van der Waals surface area contributed by atoms with Gasteiger partial charge >= 0.3 is 0 Å². The zero-order valence-corrected chi connectivity index (χ0v) is 10.7. The van der Waals surface area contributed by atoms with Gasteiger partial charge in [0.05, 0.1) is 6.61 Å².